The van der Waals surface area contributed by atoms with E-state index in [2.05, 4.69) is 11.2 Å². The molecule has 12 heteroatoms. The standard InChI is InChI=1S/C3H6N.CH3.11Y/c1-3-4-2;;;;;;;;;;;;/h1-2H3;1H3;;;;;;;;;;;/q2*-1;;;;;;;;;;;. The summed E-state index contributed by atoms with van der Waals surface area (Å²) in [4.78, 5) is 3.49. The van der Waals surface area contributed by atoms with Gasteiger partial charge in [0.2, 0.25) is 0 Å². The maximum atomic E-state index is 3.49. The molecule has 0 aromatic carbocycles. The minimum atomic E-state index is 0. The van der Waals surface area contributed by atoms with Gasteiger partial charge in [0.05, 0.1) is 0 Å². The van der Waals surface area contributed by atoms with E-state index in [9.17, 15) is 0 Å². The molecule has 0 amide bonds. The summed E-state index contributed by atoms with van der Waals surface area (Å²) in [6.45, 7) is 1.76. The van der Waals surface area contributed by atoms with Crippen LogP contribution in [-0.4, -0.2) is 13.3 Å². The molecule has 0 saturated heterocycles. The van der Waals surface area contributed by atoms with Gasteiger partial charge in [-0.05, 0) is 7.05 Å². The van der Waals surface area contributed by atoms with Crippen molar-refractivity contribution in [2.45, 2.75) is 6.92 Å². The van der Waals surface area contributed by atoms with Crippen molar-refractivity contribution in [1.82, 2.24) is 0 Å². The van der Waals surface area contributed by atoms with Crippen molar-refractivity contribution in [3.63, 3.8) is 0 Å². The molecule has 0 aromatic heterocycles. The summed E-state index contributed by atoms with van der Waals surface area (Å²) in [5, 5.41) is 0. The normalized spacial score (nSPS) is 2.38. The van der Waals surface area contributed by atoms with Gasteiger partial charge in [0, 0.05) is 360 Å². The van der Waals surface area contributed by atoms with E-state index in [0.29, 0.717) is 0 Å². The monoisotopic (exact) mass is 1050 g/mol. The number of hydrogen-bond donors (Lipinski definition) is 0. The van der Waals surface area contributed by atoms with E-state index in [0.717, 1.165) is 0 Å². The van der Waals surface area contributed by atoms with E-state index >= 15 is 0 Å². The minimum absolute atomic E-state index is 0. The molecule has 0 bridgehead atoms. The van der Waals surface area contributed by atoms with Crippen molar-refractivity contribution in [3.05, 3.63) is 7.43 Å². The predicted octanol–water partition coefficient (Wildman–Crippen LogP) is 1.01. The Labute approximate surface area is 379 Å². The van der Waals surface area contributed by atoms with Crippen molar-refractivity contribution < 1.29 is 360 Å². The molecular formula is C4H9NY11-2. The zero-order chi connectivity index (χ0) is 3.41. The smallest absolute Gasteiger partial charge is 0 e. The summed E-state index contributed by atoms with van der Waals surface area (Å²) in [5.74, 6) is 0. The molecule has 0 unspecified atom stereocenters. The quantitative estimate of drug-likeness (QED) is 0.254. The van der Waals surface area contributed by atoms with Crippen LogP contribution in [-0.2, 0) is 360 Å². The third-order valence-electron chi connectivity index (χ3n) is 0.224. The van der Waals surface area contributed by atoms with Crippen LogP contribution in [0.4, 0.5) is 0 Å². The first-order chi connectivity index (χ1) is 1.91. The molecule has 0 heterocycles. The van der Waals surface area contributed by atoms with Crippen LogP contribution in [0.25, 0.3) is 0 Å². The van der Waals surface area contributed by atoms with Gasteiger partial charge in [-0.1, -0.05) is 0 Å². The van der Waals surface area contributed by atoms with Gasteiger partial charge in [-0.3, -0.25) is 0 Å². The molecule has 65 valence electrons. The molecule has 11 radical (unpaired) electrons. The third kappa shape index (κ3) is 96.8. The number of rotatable bonds is 0. The summed E-state index contributed by atoms with van der Waals surface area (Å²) in [6, 6.07) is 0. The van der Waals surface area contributed by atoms with Crippen LogP contribution >= 0.6 is 0 Å². The average Bonchev–Trinajstić information content (AvgIpc) is 1.37. The number of hydrogen-bond acceptors (Lipinski definition) is 1. The van der Waals surface area contributed by atoms with E-state index in [1.165, 1.54) is 0 Å². The molecule has 0 atom stereocenters. The van der Waals surface area contributed by atoms with Crippen LogP contribution in [0.15, 0.2) is 4.99 Å². The Kier molecular flexibility index (Phi) is 533. The van der Waals surface area contributed by atoms with Gasteiger partial charge in [0.15, 0.2) is 0 Å². The molecule has 0 aliphatic carbocycles. The fourth-order valence-electron chi connectivity index (χ4n) is 0. The molecule has 0 spiro atoms. The zero-order valence-electron chi connectivity index (χ0n) is 10.3. The van der Waals surface area contributed by atoms with E-state index in [-0.39, 0.29) is 367 Å². The Bertz CT molecular complexity index is 33.2. The molecular weight excluding hydrogens is 1040 g/mol. The van der Waals surface area contributed by atoms with Gasteiger partial charge < -0.3 is 18.6 Å². The van der Waals surface area contributed by atoms with Crippen LogP contribution in [0, 0.1) is 7.43 Å². The Hall–Kier alpha value is 11.8. The minimum Gasteiger partial charge on any atom is -0.506 e. The summed E-state index contributed by atoms with van der Waals surface area (Å²) in [6.07, 6.45) is 2.56. The molecule has 0 N–H and O–H groups in total. The maximum Gasteiger partial charge on any atom is 0 e. The van der Waals surface area contributed by atoms with Crippen LogP contribution in [0.2, 0.25) is 0 Å². The zero-order valence-corrected chi connectivity index (χ0v) is 41.5. The van der Waals surface area contributed by atoms with Gasteiger partial charge in [-0.2, -0.15) is 6.92 Å². The second-order valence-corrected chi connectivity index (χ2v) is 0.447. The third-order valence-corrected chi connectivity index (χ3v) is 0.224. The average molecular weight is 1050 g/mol. The van der Waals surface area contributed by atoms with E-state index in [4.69, 9.17) is 0 Å². The molecule has 16 heavy (non-hydrogen) atoms. The topological polar surface area (TPSA) is 12.4 Å². The van der Waals surface area contributed by atoms with Crippen molar-refractivity contribution in [2.75, 3.05) is 7.05 Å². The molecule has 1 nitrogen and oxygen atoms in total. The first-order valence-corrected chi connectivity index (χ1v) is 1.17. The molecule has 0 aliphatic rings. The second kappa shape index (κ2) is 93.6. The van der Waals surface area contributed by atoms with E-state index < -0.39 is 0 Å². The Morgan fingerprint density at radius 1 is 0.562 bits per heavy atom. The molecule has 0 rings (SSSR count). The fourth-order valence-corrected chi connectivity index (χ4v) is 0. The van der Waals surface area contributed by atoms with E-state index in [1.807, 2.05) is 0 Å². The maximum absolute atomic E-state index is 3.49. The Morgan fingerprint density at radius 3 is 0.625 bits per heavy atom. The first-order valence-electron chi connectivity index (χ1n) is 1.17. The summed E-state index contributed by atoms with van der Waals surface area (Å²) >= 11 is 0. The number of nitrogens with zero attached hydrogens (tertiary/aromatic N) is 1. The SMILES string of the molecule is C[C-]=NC.[CH3-].[Y].[Y].[Y].[Y].[Y].[Y].[Y].[Y].[Y].[Y].[Y]. The molecule has 0 saturated carbocycles. The van der Waals surface area contributed by atoms with Crippen molar-refractivity contribution in [2.24, 2.45) is 4.99 Å². The Balaban J connectivity index is -0.000000000682. The summed E-state index contributed by atoms with van der Waals surface area (Å²) in [7, 11) is 1.69. The molecule has 0 aliphatic heterocycles. The van der Waals surface area contributed by atoms with Crippen molar-refractivity contribution in [3.8, 4) is 0 Å². The fraction of sp³-hybridized carbons (Fsp3) is 0.500. The van der Waals surface area contributed by atoms with Gasteiger partial charge >= 0.3 is 0 Å². The Morgan fingerprint density at radius 2 is 0.625 bits per heavy atom. The van der Waals surface area contributed by atoms with Crippen LogP contribution < -0.4 is 0 Å². The van der Waals surface area contributed by atoms with Gasteiger partial charge in [-0.25, -0.2) is 0 Å². The number of aliphatic imine (C=N–C) groups is 1. The summed E-state index contributed by atoms with van der Waals surface area (Å²) in [5.41, 5.74) is 0. The van der Waals surface area contributed by atoms with Crippen LogP contribution in [0.1, 0.15) is 6.92 Å². The van der Waals surface area contributed by atoms with E-state index in [1.54, 1.807) is 14.0 Å². The van der Waals surface area contributed by atoms with Crippen molar-refractivity contribution in [1.29, 1.82) is 0 Å². The summed E-state index contributed by atoms with van der Waals surface area (Å²) < 4.78 is 0. The van der Waals surface area contributed by atoms with Gasteiger partial charge in [-0.15, -0.1) is 0 Å². The van der Waals surface area contributed by atoms with Crippen LogP contribution in [0.3, 0.4) is 0 Å². The van der Waals surface area contributed by atoms with Crippen LogP contribution in [0.5, 0.6) is 0 Å². The largest absolute Gasteiger partial charge is 0.506 e. The predicted molar refractivity (Wildman–Crippen MR) is 25.4 cm³/mol. The van der Waals surface area contributed by atoms with Crippen molar-refractivity contribution >= 4 is 6.21 Å². The molecule has 0 aromatic rings. The second-order valence-electron chi connectivity index (χ2n) is 0.447. The molecule has 0 fully saturated rings. The van der Waals surface area contributed by atoms with Gasteiger partial charge in [0.1, 0.15) is 0 Å². The van der Waals surface area contributed by atoms with Gasteiger partial charge in [0.25, 0.3) is 0 Å². The first kappa shape index (κ1) is 91.1.